The first kappa shape index (κ1) is 20.2. The Bertz CT molecular complexity index is 738. The molecular weight excluding hydrogens is 350 g/mol. The van der Waals surface area contributed by atoms with Gasteiger partial charge in [-0.25, -0.2) is 0 Å². The number of nitrogens with zero attached hydrogens (tertiary/aromatic N) is 3. The molecule has 5 nitrogen and oxygen atoms in total. The third kappa shape index (κ3) is 5.26. The number of rotatable bonds is 7. The number of benzene rings is 2. The van der Waals surface area contributed by atoms with Crippen LogP contribution in [-0.2, 0) is 11.3 Å². The first-order valence-corrected chi connectivity index (χ1v) is 10.0. The molecule has 1 fully saturated rings. The Balaban J connectivity index is 1.53. The van der Waals surface area contributed by atoms with Crippen LogP contribution < -0.4 is 9.64 Å². The summed E-state index contributed by atoms with van der Waals surface area (Å²) in [5.41, 5.74) is 2.43. The number of ether oxygens (including phenoxy) is 1. The predicted molar refractivity (Wildman–Crippen MR) is 114 cm³/mol. The molecule has 5 heteroatoms. The van der Waals surface area contributed by atoms with Crippen molar-refractivity contribution in [1.82, 2.24) is 9.80 Å². The number of carbonyl (C=O) groups excluding carboxylic acids is 1. The first-order chi connectivity index (χ1) is 13.6. The van der Waals surface area contributed by atoms with Gasteiger partial charge in [-0.3, -0.25) is 9.69 Å². The maximum Gasteiger partial charge on any atom is 0.236 e. The molecule has 1 heterocycles. The third-order valence-electron chi connectivity index (χ3n) is 5.37. The van der Waals surface area contributed by atoms with Crippen molar-refractivity contribution < 1.29 is 9.53 Å². The van der Waals surface area contributed by atoms with E-state index in [1.165, 1.54) is 11.3 Å². The van der Waals surface area contributed by atoms with Gasteiger partial charge in [-0.05, 0) is 43.7 Å². The van der Waals surface area contributed by atoms with Gasteiger partial charge in [0.25, 0.3) is 0 Å². The summed E-state index contributed by atoms with van der Waals surface area (Å²) in [5, 5.41) is 0. The molecule has 3 rings (SSSR count). The number of piperazine rings is 1. The average Bonchev–Trinajstić information content (AvgIpc) is 2.74. The molecule has 0 atom stereocenters. The highest BCUT2D eigenvalue weighted by Crippen LogP contribution is 2.20. The Morgan fingerprint density at radius 2 is 1.64 bits per heavy atom. The van der Waals surface area contributed by atoms with Crippen LogP contribution in [0.1, 0.15) is 19.4 Å². The normalized spacial score (nSPS) is 14.6. The molecule has 1 aliphatic heterocycles. The Labute approximate surface area is 168 Å². The van der Waals surface area contributed by atoms with E-state index in [2.05, 4.69) is 47.9 Å². The van der Waals surface area contributed by atoms with Gasteiger partial charge < -0.3 is 14.5 Å². The summed E-state index contributed by atoms with van der Waals surface area (Å²) in [4.78, 5) is 19.4. The highest BCUT2D eigenvalue weighted by Gasteiger charge is 2.24. The summed E-state index contributed by atoms with van der Waals surface area (Å²) in [6, 6.07) is 18.8. The molecule has 0 radical (unpaired) electrons. The van der Waals surface area contributed by atoms with Crippen molar-refractivity contribution in [2.45, 2.75) is 26.4 Å². The van der Waals surface area contributed by atoms with Crippen molar-refractivity contribution in [3.05, 3.63) is 60.2 Å². The SMILES string of the molecule is COc1ccc(N2CCN(C(=O)CN(Cc3ccccc3)C(C)C)CC2)cc1. The van der Waals surface area contributed by atoms with Crippen LogP contribution >= 0.6 is 0 Å². The lowest BCUT2D eigenvalue weighted by molar-refractivity contribution is -0.133. The molecule has 0 saturated carbocycles. The molecule has 0 spiro atoms. The van der Waals surface area contributed by atoms with Crippen LogP contribution in [0.25, 0.3) is 0 Å². The standard InChI is InChI=1S/C23H31N3O2/c1-19(2)26(17-20-7-5-4-6-8-20)18-23(27)25-15-13-24(14-16-25)21-9-11-22(28-3)12-10-21/h4-12,19H,13-18H2,1-3H3. The Morgan fingerprint density at radius 3 is 2.21 bits per heavy atom. The number of methoxy groups -OCH3 is 1. The molecule has 28 heavy (non-hydrogen) atoms. The fourth-order valence-electron chi connectivity index (χ4n) is 3.52. The van der Waals surface area contributed by atoms with Gasteiger partial charge in [0, 0.05) is 44.5 Å². The summed E-state index contributed by atoms with van der Waals surface area (Å²) < 4.78 is 5.23. The zero-order valence-electron chi connectivity index (χ0n) is 17.2. The van der Waals surface area contributed by atoms with Gasteiger partial charge in [0.05, 0.1) is 13.7 Å². The van der Waals surface area contributed by atoms with Crippen LogP contribution in [0.3, 0.4) is 0 Å². The van der Waals surface area contributed by atoms with E-state index in [9.17, 15) is 4.79 Å². The van der Waals surface area contributed by atoms with Crippen LogP contribution in [0.5, 0.6) is 5.75 Å². The minimum Gasteiger partial charge on any atom is -0.497 e. The van der Waals surface area contributed by atoms with E-state index in [-0.39, 0.29) is 5.91 Å². The molecule has 0 aliphatic carbocycles. The molecule has 0 bridgehead atoms. The van der Waals surface area contributed by atoms with E-state index in [1.54, 1.807) is 7.11 Å². The minimum atomic E-state index is 0.221. The lowest BCUT2D eigenvalue weighted by Crippen LogP contribution is -2.51. The summed E-state index contributed by atoms with van der Waals surface area (Å²) in [6.45, 7) is 8.82. The maximum absolute atomic E-state index is 12.9. The first-order valence-electron chi connectivity index (χ1n) is 10.0. The Hall–Kier alpha value is -2.53. The van der Waals surface area contributed by atoms with Crippen LogP contribution in [0, 0.1) is 0 Å². The highest BCUT2D eigenvalue weighted by atomic mass is 16.5. The number of hydrogen-bond donors (Lipinski definition) is 0. The monoisotopic (exact) mass is 381 g/mol. The van der Waals surface area contributed by atoms with Gasteiger partial charge in [0.1, 0.15) is 5.75 Å². The number of hydrogen-bond acceptors (Lipinski definition) is 4. The maximum atomic E-state index is 12.9. The molecule has 0 N–H and O–H groups in total. The topological polar surface area (TPSA) is 36.0 Å². The van der Waals surface area contributed by atoms with E-state index in [4.69, 9.17) is 4.74 Å². The molecule has 1 amide bonds. The second kappa shape index (κ2) is 9.60. The lowest BCUT2D eigenvalue weighted by atomic mass is 10.2. The fraction of sp³-hybridized carbons (Fsp3) is 0.435. The van der Waals surface area contributed by atoms with E-state index >= 15 is 0 Å². The second-order valence-electron chi connectivity index (χ2n) is 7.55. The quantitative estimate of drug-likeness (QED) is 0.738. The van der Waals surface area contributed by atoms with Crippen LogP contribution in [-0.4, -0.2) is 61.6 Å². The van der Waals surface area contributed by atoms with Crippen molar-refractivity contribution in [3.63, 3.8) is 0 Å². The molecule has 0 aromatic heterocycles. The molecule has 1 saturated heterocycles. The van der Waals surface area contributed by atoms with E-state index in [0.29, 0.717) is 12.6 Å². The van der Waals surface area contributed by atoms with Crippen molar-refractivity contribution >= 4 is 11.6 Å². The zero-order chi connectivity index (χ0) is 19.9. The predicted octanol–water partition coefficient (Wildman–Crippen LogP) is 3.25. The van der Waals surface area contributed by atoms with Gasteiger partial charge in [0.2, 0.25) is 5.91 Å². The number of carbonyl (C=O) groups is 1. The van der Waals surface area contributed by atoms with Crippen LogP contribution in [0.4, 0.5) is 5.69 Å². The molecule has 1 aliphatic rings. The van der Waals surface area contributed by atoms with Crippen molar-refractivity contribution in [2.24, 2.45) is 0 Å². The van der Waals surface area contributed by atoms with E-state index < -0.39 is 0 Å². The Kier molecular flexibility index (Phi) is 6.93. The summed E-state index contributed by atoms with van der Waals surface area (Å²) in [6.07, 6.45) is 0. The molecule has 150 valence electrons. The summed E-state index contributed by atoms with van der Waals surface area (Å²) in [5.74, 6) is 1.09. The smallest absolute Gasteiger partial charge is 0.236 e. The van der Waals surface area contributed by atoms with Crippen LogP contribution in [0.2, 0.25) is 0 Å². The van der Waals surface area contributed by atoms with Crippen molar-refractivity contribution in [2.75, 3.05) is 44.7 Å². The van der Waals surface area contributed by atoms with E-state index in [0.717, 1.165) is 38.5 Å². The third-order valence-corrected chi connectivity index (χ3v) is 5.37. The Morgan fingerprint density at radius 1 is 1.00 bits per heavy atom. The van der Waals surface area contributed by atoms with Gasteiger partial charge in [-0.15, -0.1) is 0 Å². The average molecular weight is 382 g/mol. The highest BCUT2D eigenvalue weighted by molar-refractivity contribution is 5.78. The van der Waals surface area contributed by atoms with E-state index in [1.807, 2.05) is 35.2 Å². The summed E-state index contributed by atoms with van der Waals surface area (Å²) in [7, 11) is 1.68. The van der Waals surface area contributed by atoms with Crippen molar-refractivity contribution in [1.29, 1.82) is 0 Å². The van der Waals surface area contributed by atoms with Crippen molar-refractivity contribution in [3.8, 4) is 5.75 Å². The van der Waals surface area contributed by atoms with Gasteiger partial charge in [0.15, 0.2) is 0 Å². The zero-order valence-corrected chi connectivity index (χ0v) is 17.2. The van der Waals surface area contributed by atoms with Gasteiger partial charge in [-0.1, -0.05) is 30.3 Å². The van der Waals surface area contributed by atoms with Crippen LogP contribution in [0.15, 0.2) is 54.6 Å². The lowest BCUT2D eigenvalue weighted by Gasteiger charge is -2.37. The molecule has 0 unspecified atom stereocenters. The molecule has 2 aromatic rings. The second-order valence-corrected chi connectivity index (χ2v) is 7.55. The number of amides is 1. The summed E-state index contributed by atoms with van der Waals surface area (Å²) >= 11 is 0. The minimum absolute atomic E-state index is 0.221. The fourth-order valence-corrected chi connectivity index (χ4v) is 3.52. The largest absolute Gasteiger partial charge is 0.497 e. The van der Waals surface area contributed by atoms with Gasteiger partial charge >= 0.3 is 0 Å². The molecule has 2 aromatic carbocycles. The van der Waals surface area contributed by atoms with Gasteiger partial charge in [-0.2, -0.15) is 0 Å². The number of anilines is 1. The molecular formula is C23H31N3O2.